The van der Waals surface area contributed by atoms with Gasteiger partial charge in [0, 0.05) is 22.0 Å². The number of hydrogen-bond acceptors (Lipinski definition) is 7. The molecule has 0 radical (unpaired) electrons. The first-order chi connectivity index (χ1) is 15.5. The number of amides is 1. The Hall–Kier alpha value is -3.11. The summed E-state index contributed by atoms with van der Waals surface area (Å²) in [4.78, 5) is 28.8. The topological polar surface area (TPSA) is 81.5 Å². The van der Waals surface area contributed by atoms with Crippen LogP contribution in [0.15, 0.2) is 53.9 Å². The first kappa shape index (κ1) is 22.1. The van der Waals surface area contributed by atoms with Gasteiger partial charge in [0.05, 0.1) is 24.4 Å². The fourth-order valence-corrected chi connectivity index (χ4v) is 4.05. The largest absolute Gasteiger partial charge is 0.325 e. The molecule has 1 N–H and O–H groups in total. The number of nitrogens with zero attached hydrogens (tertiary/aromatic N) is 4. The molecule has 0 bridgehead atoms. The molecule has 4 rings (SSSR count). The summed E-state index contributed by atoms with van der Waals surface area (Å²) in [5.74, 6) is -0.0756. The van der Waals surface area contributed by atoms with Crippen LogP contribution in [-0.4, -0.2) is 52.8 Å². The van der Waals surface area contributed by atoms with E-state index in [-0.39, 0.29) is 12.5 Å². The predicted octanol–water partition coefficient (Wildman–Crippen LogP) is 4.12. The lowest BCUT2D eigenvalue weighted by molar-refractivity contribution is -0.301. The maximum absolute atomic E-state index is 12.3. The van der Waals surface area contributed by atoms with Crippen molar-refractivity contribution in [1.82, 2.24) is 19.7 Å². The van der Waals surface area contributed by atoms with E-state index in [1.54, 1.807) is 0 Å². The van der Waals surface area contributed by atoms with E-state index in [0.717, 1.165) is 27.9 Å². The fourth-order valence-electron chi connectivity index (χ4n) is 3.28. The average molecular weight is 452 g/mol. The molecule has 0 saturated heterocycles. The zero-order chi connectivity index (χ0) is 22.5. The standard InChI is InChI=1S/C23H25N5O3S/c1-4-30-31-14-18-15-32-23(25-18)28-20-12-17(24-21(29)13-27(2)3)10-11-19(20)22(26-28)16-8-6-5-7-9-16/h5-12,15H,4,13-14H2,1-3H3,(H,24,29). The Morgan fingerprint density at radius 1 is 1.16 bits per heavy atom. The van der Waals surface area contributed by atoms with Crippen molar-refractivity contribution in [3.63, 3.8) is 0 Å². The van der Waals surface area contributed by atoms with Crippen LogP contribution in [-0.2, 0) is 21.2 Å². The van der Waals surface area contributed by atoms with Crippen LogP contribution in [0.5, 0.6) is 0 Å². The number of nitrogens with one attached hydrogen (secondary N) is 1. The molecule has 2 aromatic carbocycles. The van der Waals surface area contributed by atoms with Crippen LogP contribution in [0.1, 0.15) is 12.6 Å². The van der Waals surface area contributed by atoms with E-state index in [0.29, 0.717) is 24.0 Å². The lowest BCUT2D eigenvalue weighted by atomic mass is 10.1. The van der Waals surface area contributed by atoms with E-state index >= 15 is 0 Å². The molecular weight excluding hydrogens is 426 g/mol. The number of fused-ring (bicyclic) bond motifs is 1. The number of carbonyl (C=O) groups excluding carboxylic acids is 1. The van der Waals surface area contributed by atoms with Gasteiger partial charge in [-0.3, -0.25) is 4.79 Å². The molecule has 0 aliphatic rings. The zero-order valence-electron chi connectivity index (χ0n) is 18.2. The molecular formula is C23H25N5O3S. The van der Waals surface area contributed by atoms with Crippen molar-refractivity contribution in [1.29, 1.82) is 0 Å². The summed E-state index contributed by atoms with van der Waals surface area (Å²) in [5.41, 5.74) is 4.20. The van der Waals surface area contributed by atoms with Crippen molar-refractivity contribution < 1.29 is 14.6 Å². The van der Waals surface area contributed by atoms with Gasteiger partial charge in [0.1, 0.15) is 12.3 Å². The van der Waals surface area contributed by atoms with Crippen LogP contribution in [0.3, 0.4) is 0 Å². The number of thiazole rings is 1. The highest BCUT2D eigenvalue weighted by Gasteiger charge is 2.17. The van der Waals surface area contributed by atoms with Gasteiger partial charge in [-0.25, -0.2) is 19.4 Å². The summed E-state index contributed by atoms with van der Waals surface area (Å²) in [5, 5.41) is 11.4. The minimum absolute atomic E-state index is 0.0756. The highest BCUT2D eigenvalue weighted by atomic mass is 32.1. The lowest BCUT2D eigenvalue weighted by Gasteiger charge is -2.10. The maximum atomic E-state index is 12.3. The number of benzene rings is 2. The van der Waals surface area contributed by atoms with E-state index in [1.165, 1.54) is 11.3 Å². The third-order valence-corrected chi connectivity index (χ3v) is 5.47. The van der Waals surface area contributed by atoms with Gasteiger partial charge in [0.2, 0.25) is 11.0 Å². The molecule has 0 fully saturated rings. The second-order valence-electron chi connectivity index (χ2n) is 7.43. The summed E-state index contributed by atoms with van der Waals surface area (Å²) in [6.07, 6.45) is 0. The van der Waals surface area contributed by atoms with Crippen LogP contribution in [0.4, 0.5) is 5.69 Å². The van der Waals surface area contributed by atoms with Crippen LogP contribution in [0.2, 0.25) is 0 Å². The minimum Gasteiger partial charge on any atom is -0.325 e. The van der Waals surface area contributed by atoms with Gasteiger partial charge in [-0.1, -0.05) is 30.3 Å². The van der Waals surface area contributed by atoms with Crippen LogP contribution in [0, 0.1) is 0 Å². The number of aromatic nitrogens is 3. The van der Waals surface area contributed by atoms with E-state index in [4.69, 9.17) is 14.9 Å². The summed E-state index contributed by atoms with van der Waals surface area (Å²) >= 11 is 1.47. The number of anilines is 1. The van der Waals surface area contributed by atoms with Gasteiger partial charge in [-0.2, -0.15) is 5.10 Å². The Morgan fingerprint density at radius 2 is 1.97 bits per heavy atom. The van der Waals surface area contributed by atoms with Gasteiger partial charge in [0.25, 0.3) is 0 Å². The summed E-state index contributed by atoms with van der Waals surface area (Å²) < 4.78 is 1.81. The molecule has 0 spiro atoms. The van der Waals surface area contributed by atoms with E-state index in [2.05, 4.69) is 10.3 Å². The molecule has 1 amide bonds. The SMILES string of the molecule is CCOOCc1csc(-n2nc(-c3ccccc3)c3ccc(NC(=O)CN(C)C)cc32)n1. The van der Waals surface area contributed by atoms with Crippen molar-refractivity contribution in [2.75, 3.05) is 32.6 Å². The Morgan fingerprint density at radius 3 is 2.72 bits per heavy atom. The Bertz CT molecular complexity index is 1200. The Balaban J connectivity index is 1.74. The first-order valence-corrected chi connectivity index (χ1v) is 11.1. The zero-order valence-corrected chi connectivity index (χ0v) is 19.1. The lowest BCUT2D eigenvalue weighted by Crippen LogP contribution is -2.27. The summed E-state index contributed by atoms with van der Waals surface area (Å²) in [7, 11) is 3.72. The normalized spacial score (nSPS) is 11.4. The average Bonchev–Trinajstić information content (AvgIpc) is 3.38. The van der Waals surface area contributed by atoms with Crippen LogP contribution >= 0.6 is 11.3 Å². The fraction of sp³-hybridized carbons (Fsp3) is 0.261. The van der Waals surface area contributed by atoms with Crippen molar-refractivity contribution in [3.8, 4) is 16.4 Å². The van der Waals surface area contributed by atoms with Gasteiger partial charge in [0.15, 0.2) is 0 Å². The summed E-state index contributed by atoms with van der Waals surface area (Å²) in [6.45, 7) is 2.91. The van der Waals surface area contributed by atoms with Crippen molar-refractivity contribution in [2.45, 2.75) is 13.5 Å². The Labute approximate surface area is 190 Å². The molecule has 0 unspecified atom stereocenters. The molecule has 8 nitrogen and oxygen atoms in total. The molecule has 0 aliphatic heterocycles. The smallest absolute Gasteiger partial charge is 0.238 e. The first-order valence-electron chi connectivity index (χ1n) is 10.3. The van der Waals surface area contributed by atoms with Gasteiger partial charge >= 0.3 is 0 Å². The Kier molecular flexibility index (Phi) is 6.91. The molecule has 2 heterocycles. The molecule has 0 saturated carbocycles. The third-order valence-electron chi connectivity index (χ3n) is 4.60. The van der Waals surface area contributed by atoms with Crippen LogP contribution in [0.25, 0.3) is 27.3 Å². The number of carbonyl (C=O) groups is 1. The number of hydrogen-bond donors (Lipinski definition) is 1. The van der Waals surface area contributed by atoms with Crippen molar-refractivity contribution in [2.24, 2.45) is 0 Å². The molecule has 0 aliphatic carbocycles. The third kappa shape index (κ3) is 5.03. The van der Waals surface area contributed by atoms with E-state index in [1.807, 2.05) is 84.5 Å². The van der Waals surface area contributed by atoms with Gasteiger partial charge in [-0.05, 0) is 39.2 Å². The second kappa shape index (κ2) is 10.0. The van der Waals surface area contributed by atoms with Crippen molar-refractivity contribution in [3.05, 3.63) is 59.6 Å². The highest BCUT2D eigenvalue weighted by Crippen LogP contribution is 2.32. The van der Waals surface area contributed by atoms with Gasteiger partial charge in [-0.15, -0.1) is 11.3 Å². The molecule has 166 valence electrons. The molecule has 2 aromatic heterocycles. The molecule has 9 heteroatoms. The highest BCUT2D eigenvalue weighted by molar-refractivity contribution is 7.12. The number of rotatable bonds is 9. The summed E-state index contributed by atoms with van der Waals surface area (Å²) in [6, 6.07) is 15.8. The number of likely N-dealkylation sites (N-methyl/N-ethyl adjacent to an activating group) is 1. The molecule has 0 atom stereocenters. The maximum Gasteiger partial charge on any atom is 0.238 e. The van der Waals surface area contributed by atoms with Crippen LogP contribution < -0.4 is 5.32 Å². The van der Waals surface area contributed by atoms with Crippen molar-refractivity contribution >= 4 is 33.8 Å². The van der Waals surface area contributed by atoms with Gasteiger partial charge < -0.3 is 10.2 Å². The second-order valence-corrected chi connectivity index (χ2v) is 8.27. The van der Waals surface area contributed by atoms with E-state index in [9.17, 15) is 4.79 Å². The minimum atomic E-state index is -0.0756. The predicted molar refractivity (Wildman–Crippen MR) is 126 cm³/mol. The molecule has 4 aromatic rings. The van der Waals surface area contributed by atoms with E-state index < -0.39 is 0 Å². The molecule has 32 heavy (non-hydrogen) atoms. The quantitative estimate of drug-likeness (QED) is 0.234. The monoisotopic (exact) mass is 451 g/mol.